The summed E-state index contributed by atoms with van der Waals surface area (Å²) in [6, 6.07) is 6.93. The van der Waals surface area contributed by atoms with Gasteiger partial charge in [-0.15, -0.1) is 0 Å². The number of hydrogen-bond acceptors (Lipinski definition) is 3. The molecule has 3 rings (SSSR count). The fourth-order valence-electron chi connectivity index (χ4n) is 3.44. The number of carbonyl (C=O) groups is 1. The normalized spacial score (nSPS) is 22.9. The first-order valence-corrected chi connectivity index (χ1v) is 7.27. The Labute approximate surface area is 119 Å². The maximum Gasteiger partial charge on any atom is 0.303 e. The Bertz CT molecular complexity index is 508. The highest BCUT2D eigenvalue weighted by atomic mass is 16.5. The van der Waals surface area contributed by atoms with Crippen LogP contribution in [0.5, 0.6) is 5.75 Å². The first-order valence-electron chi connectivity index (χ1n) is 7.27. The number of rotatable bonds is 4. The third kappa shape index (κ3) is 2.66. The minimum Gasteiger partial charge on any atom is -0.497 e. The molecule has 1 aromatic rings. The highest BCUT2D eigenvalue weighted by molar-refractivity contribution is 5.67. The van der Waals surface area contributed by atoms with Gasteiger partial charge in [0.1, 0.15) is 5.75 Å². The number of carboxylic acid groups (broad SMARTS) is 1. The Morgan fingerprint density at radius 3 is 2.90 bits per heavy atom. The number of aryl methyl sites for hydroxylation is 1. The lowest BCUT2D eigenvalue weighted by Crippen LogP contribution is -2.54. The van der Waals surface area contributed by atoms with Crippen molar-refractivity contribution in [1.29, 1.82) is 0 Å². The summed E-state index contributed by atoms with van der Waals surface area (Å²) in [5, 5.41) is 8.80. The molecule has 0 aromatic heterocycles. The van der Waals surface area contributed by atoms with E-state index in [2.05, 4.69) is 17.0 Å². The summed E-state index contributed by atoms with van der Waals surface area (Å²) in [4.78, 5) is 13.1. The molecule has 1 unspecified atom stereocenters. The van der Waals surface area contributed by atoms with Crippen LogP contribution in [0, 0.1) is 5.92 Å². The summed E-state index contributed by atoms with van der Waals surface area (Å²) < 4.78 is 5.30. The molecule has 0 amide bonds. The van der Waals surface area contributed by atoms with E-state index < -0.39 is 5.97 Å². The maximum atomic E-state index is 10.7. The van der Waals surface area contributed by atoms with Crippen LogP contribution in [0.25, 0.3) is 0 Å². The number of fused-ring (bicyclic) bond motifs is 1. The topological polar surface area (TPSA) is 49.8 Å². The van der Waals surface area contributed by atoms with Crippen LogP contribution in [-0.2, 0) is 17.6 Å². The molecule has 1 atom stereocenters. The summed E-state index contributed by atoms with van der Waals surface area (Å²) >= 11 is 0. The van der Waals surface area contributed by atoms with Gasteiger partial charge in [0.05, 0.1) is 13.5 Å². The second kappa shape index (κ2) is 5.44. The summed E-state index contributed by atoms with van der Waals surface area (Å²) in [6.45, 7) is 1.88. The van der Waals surface area contributed by atoms with Gasteiger partial charge in [0, 0.05) is 19.1 Å². The molecule has 4 nitrogen and oxygen atoms in total. The Hall–Kier alpha value is -1.55. The van der Waals surface area contributed by atoms with Crippen LogP contribution >= 0.6 is 0 Å². The third-order valence-corrected chi connectivity index (χ3v) is 4.58. The van der Waals surface area contributed by atoms with Gasteiger partial charge in [0.2, 0.25) is 0 Å². The monoisotopic (exact) mass is 275 g/mol. The molecule has 0 saturated carbocycles. The van der Waals surface area contributed by atoms with Crippen LogP contribution in [0.3, 0.4) is 0 Å². The van der Waals surface area contributed by atoms with Crippen molar-refractivity contribution in [2.75, 3.05) is 20.2 Å². The van der Waals surface area contributed by atoms with E-state index in [1.807, 2.05) is 6.07 Å². The van der Waals surface area contributed by atoms with Crippen LogP contribution in [0.2, 0.25) is 0 Å². The second-order valence-electron chi connectivity index (χ2n) is 5.95. The van der Waals surface area contributed by atoms with Gasteiger partial charge in [-0.05, 0) is 48.4 Å². The van der Waals surface area contributed by atoms with Crippen LogP contribution in [-0.4, -0.2) is 42.2 Å². The van der Waals surface area contributed by atoms with E-state index in [-0.39, 0.29) is 0 Å². The number of carboxylic acids is 1. The van der Waals surface area contributed by atoms with Gasteiger partial charge in [-0.1, -0.05) is 6.07 Å². The standard InChI is InChI=1S/C16H21NO3/c1-20-15-5-3-12-2-4-14(7-13(12)8-15)17-9-11(10-17)6-16(18)19/h3,5,8,11,14H,2,4,6-7,9-10H2,1H3,(H,18,19). The summed E-state index contributed by atoms with van der Waals surface area (Å²) in [5.74, 6) is 0.601. The molecule has 0 radical (unpaired) electrons. The van der Waals surface area contributed by atoms with Crippen LogP contribution in [0.15, 0.2) is 18.2 Å². The van der Waals surface area contributed by atoms with Crippen molar-refractivity contribution in [3.05, 3.63) is 29.3 Å². The highest BCUT2D eigenvalue weighted by Crippen LogP contribution is 2.31. The Balaban J connectivity index is 1.60. The predicted octanol–water partition coefficient (Wildman–Crippen LogP) is 1.96. The van der Waals surface area contributed by atoms with Crippen LogP contribution in [0.1, 0.15) is 24.0 Å². The minimum atomic E-state index is -0.673. The maximum absolute atomic E-state index is 10.7. The van der Waals surface area contributed by atoms with Gasteiger partial charge >= 0.3 is 5.97 Å². The van der Waals surface area contributed by atoms with E-state index in [1.165, 1.54) is 17.5 Å². The molecule has 1 aliphatic heterocycles. The number of hydrogen-bond donors (Lipinski definition) is 1. The van der Waals surface area contributed by atoms with E-state index in [0.717, 1.165) is 31.7 Å². The smallest absolute Gasteiger partial charge is 0.303 e. The fourth-order valence-corrected chi connectivity index (χ4v) is 3.44. The third-order valence-electron chi connectivity index (χ3n) is 4.58. The first-order chi connectivity index (χ1) is 9.65. The van der Waals surface area contributed by atoms with Gasteiger partial charge < -0.3 is 9.84 Å². The first kappa shape index (κ1) is 13.4. The molecule has 4 heteroatoms. The Morgan fingerprint density at radius 2 is 2.20 bits per heavy atom. The number of aliphatic carboxylic acids is 1. The molecule has 1 aliphatic carbocycles. The van der Waals surface area contributed by atoms with Crippen molar-refractivity contribution >= 4 is 5.97 Å². The SMILES string of the molecule is COc1ccc2c(c1)CC(N1CC(CC(=O)O)C1)CC2. The lowest BCUT2D eigenvalue weighted by molar-refractivity contribution is -0.139. The number of ether oxygens (including phenoxy) is 1. The van der Waals surface area contributed by atoms with Gasteiger partial charge in [0.25, 0.3) is 0 Å². The highest BCUT2D eigenvalue weighted by Gasteiger charge is 2.34. The molecule has 1 saturated heterocycles. The Kier molecular flexibility index (Phi) is 3.66. The van der Waals surface area contributed by atoms with Crippen molar-refractivity contribution < 1.29 is 14.6 Å². The quantitative estimate of drug-likeness (QED) is 0.912. The second-order valence-corrected chi connectivity index (χ2v) is 5.95. The molecule has 0 spiro atoms. The number of nitrogens with zero attached hydrogens (tertiary/aromatic N) is 1. The zero-order valence-electron chi connectivity index (χ0n) is 11.8. The van der Waals surface area contributed by atoms with Crippen molar-refractivity contribution in [2.24, 2.45) is 5.92 Å². The lowest BCUT2D eigenvalue weighted by atomic mass is 9.84. The molecule has 1 aromatic carbocycles. The van der Waals surface area contributed by atoms with Crippen LogP contribution in [0.4, 0.5) is 0 Å². The molecular weight excluding hydrogens is 254 g/mol. The number of likely N-dealkylation sites (tertiary alicyclic amines) is 1. The molecule has 2 aliphatic rings. The van der Waals surface area contributed by atoms with Crippen LogP contribution < -0.4 is 4.74 Å². The zero-order chi connectivity index (χ0) is 14.1. The average Bonchev–Trinajstić information content (AvgIpc) is 2.41. The Morgan fingerprint density at radius 1 is 1.40 bits per heavy atom. The molecule has 20 heavy (non-hydrogen) atoms. The van der Waals surface area contributed by atoms with Gasteiger partial charge in [-0.25, -0.2) is 0 Å². The van der Waals surface area contributed by atoms with Crippen molar-refractivity contribution in [1.82, 2.24) is 4.90 Å². The molecule has 1 N–H and O–H groups in total. The van der Waals surface area contributed by atoms with Gasteiger partial charge in [-0.2, -0.15) is 0 Å². The van der Waals surface area contributed by atoms with E-state index in [1.54, 1.807) is 7.11 Å². The molecule has 1 heterocycles. The van der Waals surface area contributed by atoms with Crippen molar-refractivity contribution in [3.63, 3.8) is 0 Å². The van der Waals surface area contributed by atoms with E-state index in [9.17, 15) is 4.79 Å². The average molecular weight is 275 g/mol. The number of methoxy groups -OCH3 is 1. The van der Waals surface area contributed by atoms with Gasteiger partial charge in [0.15, 0.2) is 0 Å². The van der Waals surface area contributed by atoms with Crippen molar-refractivity contribution in [3.8, 4) is 5.75 Å². The zero-order valence-corrected chi connectivity index (χ0v) is 11.8. The fraction of sp³-hybridized carbons (Fsp3) is 0.562. The molecule has 1 fully saturated rings. The van der Waals surface area contributed by atoms with Gasteiger partial charge in [-0.3, -0.25) is 9.69 Å². The van der Waals surface area contributed by atoms with Crippen molar-refractivity contribution in [2.45, 2.75) is 31.7 Å². The summed E-state index contributed by atoms with van der Waals surface area (Å²) in [6.07, 6.45) is 3.67. The van der Waals surface area contributed by atoms with E-state index in [4.69, 9.17) is 9.84 Å². The lowest BCUT2D eigenvalue weighted by Gasteiger charge is -2.45. The summed E-state index contributed by atoms with van der Waals surface area (Å²) in [5.41, 5.74) is 2.83. The molecule has 108 valence electrons. The number of benzene rings is 1. The van der Waals surface area contributed by atoms with E-state index >= 15 is 0 Å². The predicted molar refractivity (Wildman–Crippen MR) is 76.1 cm³/mol. The largest absolute Gasteiger partial charge is 0.497 e. The minimum absolute atomic E-state index is 0.313. The molecular formula is C16H21NO3. The van der Waals surface area contributed by atoms with E-state index in [0.29, 0.717) is 18.4 Å². The molecule has 0 bridgehead atoms. The summed E-state index contributed by atoms with van der Waals surface area (Å²) in [7, 11) is 1.70.